The van der Waals surface area contributed by atoms with Gasteiger partial charge < -0.3 is 10.4 Å². The quantitative estimate of drug-likeness (QED) is 0.603. The van der Waals surface area contributed by atoms with Crippen molar-refractivity contribution in [2.75, 3.05) is 26.7 Å². The molecular weight excluding hydrogens is 152 g/mol. The topological polar surface area (TPSA) is 35.5 Å². The van der Waals surface area contributed by atoms with Gasteiger partial charge in [-0.25, -0.2) is 0 Å². The molecule has 2 heterocycles. The van der Waals surface area contributed by atoms with Crippen molar-refractivity contribution in [1.29, 1.82) is 0 Å². The summed E-state index contributed by atoms with van der Waals surface area (Å²) in [5.74, 6) is 0. The van der Waals surface area contributed by atoms with E-state index in [2.05, 4.69) is 10.2 Å². The Morgan fingerprint density at radius 2 is 2.42 bits per heavy atom. The van der Waals surface area contributed by atoms with Crippen molar-refractivity contribution in [1.82, 2.24) is 10.2 Å². The summed E-state index contributed by atoms with van der Waals surface area (Å²) in [4.78, 5) is 2.51. The SMILES string of the molecule is CNC1(CO)CCN2CCCC21. The van der Waals surface area contributed by atoms with Gasteiger partial charge in [0.2, 0.25) is 0 Å². The first-order valence-corrected chi connectivity index (χ1v) is 4.86. The van der Waals surface area contributed by atoms with Gasteiger partial charge >= 0.3 is 0 Å². The van der Waals surface area contributed by atoms with Crippen LogP contribution in [0.5, 0.6) is 0 Å². The van der Waals surface area contributed by atoms with Crippen molar-refractivity contribution >= 4 is 0 Å². The minimum atomic E-state index is 0.0104. The molecule has 70 valence electrons. The van der Waals surface area contributed by atoms with E-state index in [0.717, 1.165) is 13.0 Å². The van der Waals surface area contributed by atoms with Crippen molar-refractivity contribution < 1.29 is 5.11 Å². The second-order valence-electron chi connectivity index (χ2n) is 4.01. The molecule has 0 bridgehead atoms. The number of aliphatic hydroxyl groups is 1. The predicted molar refractivity (Wildman–Crippen MR) is 48.1 cm³/mol. The van der Waals surface area contributed by atoms with Crippen LogP contribution in [0.25, 0.3) is 0 Å². The van der Waals surface area contributed by atoms with E-state index >= 15 is 0 Å². The Balaban J connectivity index is 2.15. The molecule has 0 aromatic carbocycles. The van der Waals surface area contributed by atoms with Crippen LogP contribution < -0.4 is 5.32 Å². The van der Waals surface area contributed by atoms with Crippen LogP contribution >= 0.6 is 0 Å². The van der Waals surface area contributed by atoms with E-state index in [9.17, 15) is 5.11 Å². The summed E-state index contributed by atoms with van der Waals surface area (Å²) in [6.45, 7) is 2.67. The van der Waals surface area contributed by atoms with E-state index < -0.39 is 0 Å². The minimum absolute atomic E-state index is 0.0104. The highest BCUT2D eigenvalue weighted by Gasteiger charge is 2.47. The molecule has 12 heavy (non-hydrogen) atoms. The number of aliphatic hydroxyl groups excluding tert-OH is 1. The second kappa shape index (κ2) is 2.98. The van der Waals surface area contributed by atoms with Gasteiger partial charge in [-0.15, -0.1) is 0 Å². The maximum atomic E-state index is 9.37. The lowest BCUT2D eigenvalue weighted by atomic mass is 9.90. The van der Waals surface area contributed by atoms with E-state index in [-0.39, 0.29) is 12.1 Å². The van der Waals surface area contributed by atoms with Crippen LogP contribution in [0.3, 0.4) is 0 Å². The average Bonchev–Trinajstić information content (AvgIpc) is 2.64. The third-order valence-corrected chi connectivity index (χ3v) is 3.63. The molecule has 2 aliphatic heterocycles. The van der Waals surface area contributed by atoms with E-state index in [1.54, 1.807) is 0 Å². The zero-order valence-corrected chi connectivity index (χ0v) is 7.71. The number of hydrogen-bond donors (Lipinski definition) is 2. The van der Waals surface area contributed by atoms with Crippen LogP contribution in [0.4, 0.5) is 0 Å². The van der Waals surface area contributed by atoms with E-state index in [1.807, 2.05) is 7.05 Å². The van der Waals surface area contributed by atoms with Gasteiger partial charge in [-0.2, -0.15) is 0 Å². The van der Waals surface area contributed by atoms with Crippen LogP contribution in [0.2, 0.25) is 0 Å². The van der Waals surface area contributed by atoms with Gasteiger partial charge in [-0.1, -0.05) is 0 Å². The van der Waals surface area contributed by atoms with Crippen LogP contribution in [0.15, 0.2) is 0 Å². The van der Waals surface area contributed by atoms with Gasteiger partial charge in [-0.3, -0.25) is 4.90 Å². The van der Waals surface area contributed by atoms with Crippen LogP contribution in [-0.4, -0.2) is 48.3 Å². The molecule has 0 aromatic rings. The molecule has 0 aliphatic carbocycles. The maximum Gasteiger partial charge on any atom is 0.0629 e. The molecule has 0 amide bonds. The first kappa shape index (κ1) is 8.48. The van der Waals surface area contributed by atoms with Crippen LogP contribution in [0.1, 0.15) is 19.3 Å². The second-order valence-corrected chi connectivity index (χ2v) is 4.01. The lowest BCUT2D eigenvalue weighted by Crippen LogP contribution is -2.54. The molecule has 2 rings (SSSR count). The molecule has 2 saturated heterocycles. The highest BCUT2D eigenvalue weighted by Crippen LogP contribution is 2.35. The monoisotopic (exact) mass is 170 g/mol. The molecule has 2 atom stereocenters. The number of fused-ring (bicyclic) bond motifs is 1. The van der Waals surface area contributed by atoms with Crippen molar-refractivity contribution in [3.8, 4) is 0 Å². The van der Waals surface area contributed by atoms with Crippen molar-refractivity contribution in [2.45, 2.75) is 30.8 Å². The first-order chi connectivity index (χ1) is 5.82. The highest BCUT2D eigenvalue weighted by atomic mass is 16.3. The molecule has 2 N–H and O–H groups in total. The summed E-state index contributed by atoms with van der Waals surface area (Å²) in [7, 11) is 1.97. The summed E-state index contributed by atoms with van der Waals surface area (Å²) in [5.41, 5.74) is 0.0104. The molecule has 2 fully saturated rings. The standard InChI is InChI=1S/C9H18N2O/c1-10-9(7-12)4-6-11-5-2-3-8(9)11/h8,10,12H,2-7H2,1H3. The number of nitrogens with zero attached hydrogens (tertiary/aromatic N) is 1. The number of hydrogen-bond acceptors (Lipinski definition) is 3. The summed E-state index contributed by atoms with van der Waals surface area (Å²) in [6, 6.07) is 0.590. The normalized spacial score (nSPS) is 42.0. The molecular formula is C9H18N2O. The third-order valence-electron chi connectivity index (χ3n) is 3.63. The lowest BCUT2D eigenvalue weighted by Gasteiger charge is -2.33. The van der Waals surface area contributed by atoms with Crippen molar-refractivity contribution in [2.24, 2.45) is 0 Å². The fraction of sp³-hybridized carbons (Fsp3) is 1.00. The zero-order valence-electron chi connectivity index (χ0n) is 7.71. The lowest BCUT2D eigenvalue weighted by molar-refractivity contribution is 0.134. The van der Waals surface area contributed by atoms with Crippen LogP contribution in [0, 0.1) is 0 Å². The number of rotatable bonds is 2. The van der Waals surface area contributed by atoms with Gasteiger partial charge in [0.15, 0.2) is 0 Å². The van der Waals surface area contributed by atoms with Gasteiger partial charge in [0.05, 0.1) is 12.1 Å². The number of likely N-dealkylation sites (N-methyl/N-ethyl adjacent to an activating group) is 1. The maximum absolute atomic E-state index is 9.37. The molecule has 2 unspecified atom stereocenters. The van der Waals surface area contributed by atoms with E-state index in [4.69, 9.17) is 0 Å². The van der Waals surface area contributed by atoms with E-state index in [1.165, 1.54) is 19.4 Å². The summed E-state index contributed by atoms with van der Waals surface area (Å²) >= 11 is 0. The fourth-order valence-corrected chi connectivity index (χ4v) is 2.78. The third kappa shape index (κ3) is 1.00. The molecule has 2 aliphatic rings. The Bertz CT molecular complexity index is 168. The summed E-state index contributed by atoms with van der Waals surface area (Å²) < 4.78 is 0. The van der Waals surface area contributed by atoms with Gasteiger partial charge in [0.25, 0.3) is 0 Å². The summed E-state index contributed by atoms with van der Waals surface area (Å²) in [6.07, 6.45) is 3.65. The Morgan fingerprint density at radius 1 is 1.58 bits per heavy atom. The van der Waals surface area contributed by atoms with E-state index in [0.29, 0.717) is 6.04 Å². The summed E-state index contributed by atoms with van der Waals surface area (Å²) in [5, 5.41) is 12.7. The van der Waals surface area contributed by atoms with Gasteiger partial charge in [-0.05, 0) is 32.9 Å². The predicted octanol–water partition coefficient (Wildman–Crippen LogP) is -0.195. The zero-order chi connectivity index (χ0) is 8.60. The first-order valence-electron chi connectivity index (χ1n) is 4.86. The average molecular weight is 170 g/mol. The molecule has 0 saturated carbocycles. The molecule has 0 aromatic heterocycles. The Hall–Kier alpha value is -0.120. The Morgan fingerprint density at radius 3 is 3.08 bits per heavy atom. The van der Waals surface area contributed by atoms with Gasteiger partial charge in [0, 0.05) is 12.6 Å². The Labute approximate surface area is 73.8 Å². The highest BCUT2D eigenvalue weighted by molar-refractivity contribution is 5.06. The molecule has 0 spiro atoms. The number of nitrogens with one attached hydrogen (secondary N) is 1. The minimum Gasteiger partial charge on any atom is -0.394 e. The van der Waals surface area contributed by atoms with Crippen molar-refractivity contribution in [3.05, 3.63) is 0 Å². The van der Waals surface area contributed by atoms with Gasteiger partial charge in [0.1, 0.15) is 0 Å². The largest absolute Gasteiger partial charge is 0.394 e. The molecule has 0 radical (unpaired) electrons. The molecule has 3 nitrogen and oxygen atoms in total. The molecule has 3 heteroatoms. The van der Waals surface area contributed by atoms with Crippen molar-refractivity contribution in [3.63, 3.8) is 0 Å². The van der Waals surface area contributed by atoms with Crippen LogP contribution in [-0.2, 0) is 0 Å². The Kier molecular flexibility index (Phi) is 2.10. The fourth-order valence-electron chi connectivity index (χ4n) is 2.78. The smallest absolute Gasteiger partial charge is 0.0629 e.